The third kappa shape index (κ3) is 8.01. The molecule has 0 atom stereocenters. The van der Waals surface area contributed by atoms with Crippen molar-refractivity contribution in [1.82, 2.24) is 0 Å². The van der Waals surface area contributed by atoms with Gasteiger partial charge in [-0.25, -0.2) is 0 Å². The number of aromatic nitrogens is 2. The van der Waals surface area contributed by atoms with E-state index in [1.807, 2.05) is 33.7 Å². The molecule has 8 aromatic rings. The predicted molar refractivity (Wildman–Crippen MR) is 232 cm³/mol. The van der Waals surface area contributed by atoms with Crippen LogP contribution < -0.4 is 18.6 Å². The lowest BCUT2D eigenvalue weighted by atomic mass is 10.1. The standard InChI is InChI=1S/C48H42N2O2S2/c1-51-45-25-19-39-31-35(11-15-41(39)33-45)13-21-43-23-17-37-7-3-5-9-47(37)49(43)27-29-53-54-30-28-50-44(24-18-38-8-4-6-10-48(38)50)22-14-36-12-16-42-34-46(52-2)26-20-40(42)32-36/h3-26,31-34H,27-30H2,1-2H3/q+2/b21-13+,22-14+. The van der Waals surface area contributed by atoms with Crippen molar-refractivity contribution in [2.24, 2.45) is 0 Å². The highest BCUT2D eigenvalue weighted by Crippen LogP contribution is 2.26. The fourth-order valence-corrected chi connectivity index (χ4v) is 8.94. The van der Waals surface area contributed by atoms with Crippen molar-refractivity contribution in [3.63, 3.8) is 0 Å². The van der Waals surface area contributed by atoms with Gasteiger partial charge in [0.05, 0.1) is 25.7 Å². The lowest BCUT2D eigenvalue weighted by molar-refractivity contribution is -0.668. The Balaban J connectivity index is 0.950. The summed E-state index contributed by atoms with van der Waals surface area (Å²) < 4.78 is 15.7. The van der Waals surface area contributed by atoms with E-state index in [-0.39, 0.29) is 0 Å². The summed E-state index contributed by atoms with van der Waals surface area (Å²) in [5.74, 6) is 3.76. The Hall–Kier alpha value is -5.56. The van der Waals surface area contributed by atoms with Crippen molar-refractivity contribution in [3.05, 3.63) is 168 Å². The molecule has 2 aromatic heterocycles. The molecule has 266 valence electrons. The normalized spacial score (nSPS) is 11.8. The first-order valence-electron chi connectivity index (χ1n) is 18.2. The Kier molecular flexibility index (Phi) is 10.9. The summed E-state index contributed by atoms with van der Waals surface area (Å²) in [4.78, 5) is 0. The van der Waals surface area contributed by atoms with Gasteiger partial charge in [0.2, 0.25) is 22.4 Å². The van der Waals surface area contributed by atoms with E-state index in [9.17, 15) is 0 Å². The summed E-state index contributed by atoms with van der Waals surface area (Å²) in [5, 5.41) is 7.27. The van der Waals surface area contributed by atoms with E-state index < -0.39 is 0 Å². The molecule has 0 saturated carbocycles. The van der Waals surface area contributed by atoms with Gasteiger partial charge < -0.3 is 9.47 Å². The molecule has 6 aromatic carbocycles. The Labute approximate surface area is 324 Å². The minimum atomic E-state index is 0.878. The van der Waals surface area contributed by atoms with Crippen LogP contribution in [0.1, 0.15) is 22.5 Å². The van der Waals surface area contributed by atoms with Crippen molar-refractivity contribution in [2.45, 2.75) is 13.1 Å². The van der Waals surface area contributed by atoms with Crippen LogP contribution in [-0.4, -0.2) is 25.7 Å². The quantitative estimate of drug-likeness (QED) is 0.0667. The van der Waals surface area contributed by atoms with Gasteiger partial charge in [0.1, 0.15) is 11.5 Å². The van der Waals surface area contributed by atoms with E-state index in [0.717, 1.165) is 36.1 Å². The molecule has 0 aliphatic carbocycles. The Morgan fingerprint density at radius 2 is 0.833 bits per heavy atom. The summed E-state index contributed by atoms with van der Waals surface area (Å²) in [6, 6.07) is 51.9. The molecule has 0 bridgehead atoms. The highest BCUT2D eigenvalue weighted by Gasteiger charge is 2.16. The number of methoxy groups -OCH3 is 2. The van der Waals surface area contributed by atoms with Gasteiger partial charge in [0, 0.05) is 47.2 Å². The third-order valence-corrected chi connectivity index (χ3v) is 12.2. The van der Waals surface area contributed by atoms with Crippen LogP contribution in [0, 0.1) is 0 Å². The maximum Gasteiger partial charge on any atom is 0.212 e. The zero-order chi connectivity index (χ0) is 36.7. The molecule has 0 N–H and O–H groups in total. The molecule has 54 heavy (non-hydrogen) atoms. The second-order valence-electron chi connectivity index (χ2n) is 13.2. The number of hydrogen-bond acceptors (Lipinski definition) is 4. The van der Waals surface area contributed by atoms with Gasteiger partial charge >= 0.3 is 0 Å². The predicted octanol–water partition coefficient (Wildman–Crippen LogP) is 11.3. The number of fused-ring (bicyclic) bond motifs is 4. The molecule has 0 spiro atoms. The lowest BCUT2D eigenvalue weighted by Gasteiger charge is -2.07. The number of aryl methyl sites for hydroxylation is 2. The van der Waals surface area contributed by atoms with E-state index in [1.165, 1.54) is 65.9 Å². The summed E-state index contributed by atoms with van der Waals surface area (Å²) in [5.41, 5.74) is 7.26. The Morgan fingerprint density at radius 3 is 1.30 bits per heavy atom. The van der Waals surface area contributed by atoms with Gasteiger partial charge in [-0.15, -0.1) is 0 Å². The minimum Gasteiger partial charge on any atom is -0.497 e. The first-order valence-corrected chi connectivity index (χ1v) is 20.7. The number of ether oxygens (including phenoxy) is 2. The number of rotatable bonds is 13. The van der Waals surface area contributed by atoms with Crippen molar-refractivity contribution >= 4 is 89.2 Å². The molecular weight excluding hydrogens is 701 g/mol. The molecule has 0 fully saturated rings. The molecule has 4 nitrogen and oxygen atoms in total. The number of nitrogens with zero attached hydrogens (tertiary/aromatic N) is 2. The second kappa shape index (κ2) is 16.6. The van der Waals surface area contributed by atoms with Crippen LogP contribution in [0.5, 0.6) is 11.5 Å². The van der Waals surface area contributed by atoms with E-state index >= 15 is 0 Å². The number of hydrogen-bond donors (Lipinski definition) is 0. The van der Waals surface area contributed by atoms with Gasteiger partial charge in [-0.2, -0.15) is 9.13 Å². The van der Waals surface area contributed by atoms with E-state index in [0.29, 0.717) is 0 Å². The summed E-state index contributed by atoms with van der Waals surface area (Å²) in [6.07, 6.45) is 8.93. The molecule has 0 amide bonds. The summed E-state index contributed by atoms with van der Waals surface area (Å²) >= 11 is 0. The van der Waals surface area contributed by atoms with Gasteiger partial charge in [-0.3, -0.25) is 0 Å². The molecule has 0 unspecified atom stereocenters. The third-order valence-electron chi connectivity index (χ3n) is 9.86. The van der Waals surface area contributed by atoms with Crippen LogP contribution in [0.2, 0.25) is 0 Å². The van der Waals surface area contributed by atoms with E-state index in [4.69, 9.17) is 9.47 Å². The number of benzene rings is 6. The molecule has 0 aliphatic rings. The van der Waals surface area contributed by atoms with Crippen molar-refractivity contribution in [1.29, 1.82) is 0 Å². The smallest absolute Gasteiger partial charge is 0.212 e. The second-order valence-corrected chi connectivity index (χ2v) is 15.9. The van der Waals surface area contributed by atoms with Gasteiger partial charge in [-0.05, 0) is 105 Å². The van der Waals surface area contributed by atoms with Crippen LogP contribution in [0.3, 0.4) is 0 Å². The highest BCUT2D eigenvalue weighted by molar-refractivity contribution is 8.76. The maximum absolute atomic E-state index is 5.41. The van der Waals surface area contributed by atoms with E-state index in [1.54, 1.807) is 14.2 Å². The van der Waals surface area contributed by atoms with Crippen LogP contribution in [0.15, 0.2) is 146 Å². The molecule has 0 saturated heterocycles. The topological polar surface area (TPSA) is 26.2 Å². The van der Waals surface area contributed by atoms with Crippen LogP contribution in [-0.2, 0) is 13.1 Å². The van der Waals surface area contributed by atoms with Crippen molar-refractivity contribution in [2.75, 3.05) is 25.7 Å². The zero-order valence-electron chi connectivity index (χ0n) is 30.5. The largest absolute Gasteiger partial charge is 0.497 e. The van der Waals surface area contributed by atoms with Crippen LogP contribution >= 0.6 is 21.6 Å². The van der Waals surface area contributed by atoms with E-state index in [2.05, 4.69) is 167 Å². The van der Waals surface area contributed by atoms with Crippen LogP contribution in [0.4, 0.5) is 0 Å². The fraction of sp³-hybridized carbons (Fsp3) is 0.125. The molecule has 0 aliphatic heterocycles. The summed E-state index contributed by atoms with van der Waals surface area (Å²) in [6.45, 7) is 1.84. The molecule has 8 rings (SSSR count). The van der Waals surface area contributed by atoms with Gasteiger partial charge in [0.15, 0.2) is 13.1 Å². The van der Waals surface area contributed by atoms with Gasteiger partial charge in [0.25, 0.3) is 0 Å². The van der Waals surface area contributed by atoms with Crippen molar-refractivity contribution < 1.29 is 18.6 Å². The average molecular weight is 743 g/mol. The van der Waals surface area contributed by atoms with Crippen LogP contribution in [0.25, 0.3) is 67.7 Å². The molecule has 0 radical (unpaired) electrons. The molecular formula is C48H42N2O2S2+2. The number of para-hydroxylation sites is 2. The first-order chi connectivity index (χ1) is 26.6. The lowest BCUT2D eigenvalue weighted by Crippen LogP contribution is -2.39. The molecule has 2 heterocycles. The number of pyridine rings is 2. The zero-order valence-corrected chi connectivity index (χ0v) is 32.2. The summed E-state index contributed by atoms with van der Waals surface area (Å²) in [7, 11) is 7.32. The minimum absolute atomic E-state index is 0.878. The SMILES string of the molecule is COc1ccc2cc(/C=C/c3ccc4ccccc4[n+]3CCSSCC[n+]3c(/C=C/c4ccc5cc(OC)ccc5c4)ccc4ccccc43)ccc2c1. The Bertz CT molecular complexity index is 2480. The highest BCUT2D eigenvalue weighted by atomic mass is 33.1. The maximum atomic E-state index is 5.41. The monoisotopic (exact) mass is 742 g/mol. The average Bonchev–Trinajstić information content (AvgIpc) is 3.23. The fourth-order valence-electron chi connectivity index (χ4n) is 7.03. The Morgan fingerprint density at radius 1 is 0.426 bits per heavy atom. The first kappa shape index (κ1) is 35.5. The van der Waals surface area contributed by atoms with Gasteiger partial charge in [-0.1, -0.05) is 82.3 Å². The van der Waals surface area contributed by atoms with Crippen molar-refractivity contribution in [3.8, 4) is 11.5 Å². The molecule has 6 heteroatoms.